The first-order valence-corrected chi connectivity index (χ1v) is 5.97. The molecule has 8 heteroatoms. The van der Waals surface area contributed by atoms with Gasteiger partial charge in [0.25, 0.3) is 0 Å². The lowest BCUT2D eigenvalue weighted by Crippen LogP contribution is -2.27. The Bertz CT molecular complexity index is 499. The summed E-state index contributed by atoms with van der Waals surface area (Å²) >= 11 is 0. The molecule has 0 radical (unpaired) electrons. The molecular weight excluding hydrogens is 291 g/mol. The highest BCUT2D eigenvalue weighted by atomic mass is 19.4. The number of alkyl halides is 3. The van der Waals surface area contributed by atoms with Crippen molar-refractivity contribution in [3.8, 4) is 5.75 Å². The van der Waals surface area contributed by atoms with Crippen LogP contribution in [0.5, 0.6) is 5.75 Å². The second kappa shape index (κ2) is 6.96. The molecule has 21 heavy (non-hydrogen) atoms. The van der Waals surface area contributed by atoms with Crippen LogP contribution in [0.1, 0.15) is 12.8 Å². The van der Waals surface area contributed by atoms with Gasteiger partial charge in [0.2, 0.25) is 5.91 Å². The number of carboxylic acid groups (broad SMARTS) is 1. The van der Waals surface area contributed by atoms with Gasteiger partial charge >= 0.3 is 12.1 Å². The van der Waals surface area contributed by atoms with E-state index in [1.807, 2.05) is 0 Å². The van der Waals surface area contributed by atoms with Crippen LogP contribution in [-0.2, 0) is 9.59 Å². The zero-order valence-electron chi connectivity index (χ0n) is 11.2. The highest BCUT2D eigenvalue weighted by molar-refractivity contribution is 5.92. The molecule has 0 saturated heterocycles. The van der Waals surface area contributed by atoms with Crippen molar-refractivity contribution in [2.24, 2.45) is 0 Å². The summed E-state index contributed by atoms with van der Waals surface area (Å²) in [5.74, 6) is -1.50. The third kappa shape index (κ3) is 6.15. The van der Waals surface area contributed by atoms with Crippen molar-refractivity contribution in [2.75, 3.05) is 18.6 Å². The fourth-order valence-corrected chi connectivity index (χ4v) is 1.47. The van der Waals surface area contributed by atoms with Crippen LogP contribution in [0.2, 0.25) is 0 Å². The van der Waals surface area contributed by atoms with Crippen molar-refractivity contribution in [2.45, 2.75) is 19.0 Å². The first-order valence-electron chi connectivity index (χ1n) is 5.97. The van der Waals surface area contributed by atoms with E-state index in [1.165, 1.54) is 31.3 Å². The van der Waals surface area contributed by atoms with E-state index in [2.05, 4.69) is 0 Å². The molecule has 0 saturated carbocycles. The van der Waals surface area contributed by atoms with E-state index in [-0.39, 0.29) is 5.75 Å². The second-order valence-corrected chi connectivity index (χ2v) is 4.24. The molecule has 0 atom stereocenters. The predicted molar refractivity (Wildman–Crippen MR) is 68.3 cm³/mol. The van der Waals surface area contributed by atoms with Gasteiger partial charge in [0.15, 0.2) is 6.61 Å². The standard InChI is InChI=1S/C13H14F3NO4/c1-17(11(18)6-7-13(14,15)16)9-2-4-10(5-3-9)21-8-12(19)20/h2-5H,6-8H2,1H3,(H,19,20). The maximum atomic E-state index is 12.0. The first-order chi connectivity index (χ1) is 9.69. The Morgan fingerprint density at radius 2 is 1.81 bits per heavy atom. The van der Waals surface area contributed by atoms with Gasteiger partial charge in [-0.15, -0.1) is 0 Å². The van der Waals surface area contributed by atoms with E-state index in [1.54, 1.807) is 0 Å². The summed E-state index contributed by atoms with van der Waals surface area (Å²) in [5, 5.41) is 8.45. The summed E-state index contributed by atoms with van der Waals surface area (Å²) in [4.78, 5) is 23.0. The minimum Gasteiger partial charge on any atom is -0.482 e. The number of carboxylic acids is 1. The number of nitrogens with zero attached hydrogens (tertiary/aromatic N) is 1. The summed E-state index contributed by atoms with van der Waals surface area (Å²) in [7, 11) is 1.37. The van der Waals surface area contributed by atoms with E-state index < -0.39 is 37.5 Å². The van der Waals surface area contributed by atoms with E-state index in [4.69, 9.17) is 9.84 Å². The summed E-state index contributed by atoms with van der Waals surface area (Å²) in [5.41, 5.74) is 0.393. The van der Waals surface area contributed by atoms with Crippen LogP contribution < -0.4 is 9.64 Å². The van der Waals surface area contributed by atoms with Gasteiger partial charge in [0.05, 0.1) is 6.42 Å². The Balaban J connectivity index is 2.60. The van der Waals surface area contributed by atoms with Gasteiger partial charge in [-0.2, -0.15) is 13.2 Å². The molecule has 5 nitrogen and oxygen atoms in total. The maximum absolute atomic E-state index is 12.0. The zero-order valence-corrected chi connectivity index (χ0v) is 11.2. The van der Waals surface area contributed by atoms with Gasteiger partial charge in [0.1, 0.15) is 5.75 Å². The molecular formula is C13H14F3NO4. The minimum atomic E-state index is -4.37. The molecule has 1 rings (SSSR count). The van der Waals surface area contributed by atoms with Crippen LogP contribution in [-0.4, -0.2) is 36.8 Å². The van der Waals surface area contributed by atoms with E-state index in [0.717, 1.165) is 4.90 Å². The van der Waals surface area contributed by atoms with Crippen LogP contribution in [0.15, 0.2) is 24.3 Å². The molecule has 0 aliphatic carbocycles. The molecule has 1 N–H and O–H groups in total. The number of carbonyl (C=O) groups is 2. The fourth-order valence-electron chi connectivity index (χ4n) is 1.47. The molecule has 0 aromatic heterocycles. The van der Waals surface area contributed by atoms with Crippen LogP contribution >= 0.6 is 0 Å². The van der Waals surface area contributed by atoms with E-state index >= 15 is 0 Å². The second-order valence-electron chi connectivity index (χ2n) is 4.24. The smallest absolute Gasteiger partial charge is 0.389 e. The van der Waals surface area contributed by atoms with Crippen LogP contribution in [0.4, 0.5) is 18.9 Å². The molecule has 1 aromatic rings. The lowest BCUT2D eigenvalue weighted by molar-refractivity contribution is -0.142. The van der Waals surface area contributed by atoms with Crippen molar-refractivity contribution in [1.82, 2.24) is 0 Å². The molecule has 0 spiro atoms. The Labute approximate surface area is 118 Å². The molecule has 0 fully saturated rings. The van der Waals surface area contributed by atoms with E-state index in [0.29, 0.717) is 5.69 Å². The summed E-state index contributed by atoms with van der Waals surface area (Å²) in [6, 6.07) is 5.79. The summed E-state index contributed by atoms with van der Waals surface area (Å²) in [6.45, 7) is -0.500. The van der Waals surface area contributed by atoms with Gasteiger partial charge in [0, 0.05) is 19.2 Å². The summed E-state index contributed by atoms with van der Waals surface area (Å²) in [6.07, 6.45) is -6.17. The molecule has 1 aromatic carbocycles. The molecule has 0 heterocycles. The van der Waals surface area contributed by atoms with Gasteiger partial charge in [-0.25, -0.2) is 4.79 Å². The van der Waals surface area contributed by atoms with Gasteiger partial charge in [-0.1, -0.05) is 0 Å². The molecule has 0 aliphatic rings. The normalized spacial score (nSPS) is 11.0. The number of hydrogen-bond donors (Lipinski definition) is 1. The number of rotatable bonds is 6. The van der Waals surface area contributed by atoms with Crippen molar-refractivity contribution < 1.29 is 32.6 Å². The monoisotopic (exact) mass is 305 g/mol. The number of halogens is 3. The number of ether oxygens (including phenoxy) is 1. The third-order valence-corrected chi connectivity index (χ3v) is 2.58. The van der Waals surface area contributed by atoms with Gasteiger partial charge < -0.3 is 14.7 Å². The largest absolute Gasteiger partial charge is 0.482 e. The third-order valence-electron chi connectivity index (χ3n) is 2.58. The van der Waals surface area contributed by atoms with Crippen molar-refractivity contribution >= 4 is 17.6 Å². The SMILES string of the molecule is CN(C(=O)CCC(F)(F)F)c1ccc(OCC(=O)O)cc1. The molecule has 116 valence electrons. The number of benzene rings is 1. The zero-order chi connectivity index (χ0) is 16.0. The average molecular weight is 305 g/mol. The maximum Gasteiger partial charge on any atom is 0.389 e. The number of amides is 1. The number of aliphatic carboxylic acids is 1. The molecule has 0 aliphatic heterocycles. The van der Waals surface area contributed by atoms with Crippen LogP contribution in [0, 0.1) is 0 Å². The first kappa shape index (κ1) is 16.8. The fraction of sp³-hybridized carbons (Fsp3) is 0.385. The Morgan fingerprint density at radius 1 is 1.24 bits per heavy atom. The lowest BCUT2D eigenvalue weighted by atomic mass is 10.2. The summed E-state index contributed by atoms with van der Waals surface area (Å²) < 4.78 is 41.1. The Kier molecular flexibility index (Phi) is 5.57. The van der Waals surface area contributed by atoms with Gasteiger partial charge in [-0.3, -0.25) is 4.79 Å². The number of carbonyl (C=O) groups excluding carboxylic acids is 1. The minimum absolute atomic E-state index is 0.289. The highest BCUT2D eigenvalue weighted by Gasteiger charge is 2.28. The molecule has 0 bridgehead atoms. The average Bonchev–Trinajstić information content (AvgIpc) is 2.41. The number of anilines is 1. The lowest BCUT2D eigenvalue weighted by Gasteiger charge is -2.18. The highest BCUT2D eigenvalue weighted by Crippen LogP contribution is 2.23. The van der Waals surface area contributed by atoms with Crippen molar-refractivity contribution in [3.05, 3.63) is 24.3 Å². The predicted octanol–water partition coefficient (Wildman–Crippen LogP) is 2.46. The number of hydrogen-bond acceptors (Lipinski definition) is 3. The molecule has 1 amide bonds. The van der Waals surface area contributed by atoms with Gasteiger partial charge in [-0.05, 0) is 24.3 Å². The van der Waals surface area contributed by atoms with Crippen molar-refractivity contribution in [1.29, 1.82) is 0 Å². The Hall–Kier alpha value is -2.25. The van der Waals surface area contributed by atoms with E-state index in [9.17, 15) is 22.8 Å². The van der Waals surface area contributed by atoms with Crippen LogP contribution in [0.3, 0.4) is 0 Å². The van der Waals surface area contributed by atoms with Crippen molar-refractivity contribution in [3.63, 3.8) is 0 Å². The topological polar surface area (TPSA) is 66.8 Å². The Morgan fingerprint density at radius 3 is 2.29 bits per heavy atom. The quantitative estimate of drug-likeness (QED) is 0.876. The van der Waals surface area contributed by atoms with Crippen LogP contribution in [0.25, 0.3) is 0 Å². The molecule has 0 unspecified atom stereocenters.